The topological polar surface area (TPSA) is 85.8 Å². The molecule has 2 aromatic carbocycles. The molecule has 3 heterocycles. The molecule has 0 N–H and O–H groups in total. The number of anilines is 1. The number of aromatic nitrogens is 1. The van der Waals surface area contributed by atoms with E-state index in [0.29, 0.717) is 16.3 Å². The summed E-state index contributed by atoms with van der Waals surface area (Å²) in [6.07, 6.45) is 4.17. The quantitative estimate of drug-likeness (QED) is 0.459. The van der Waals surface area contributed by atoms with Crippen molar-refractivity contribution in [2.75, 3.05) is 12.0 Å². The molecular weight excluding hydrogens is 476 g/mol. The zero-order valence-corrected chi connectivity index (χ0v) is 21.0. The van der Waals surface area contributed by atoms with E-state index in [9.17, 15) is 14.4 Å². The molecule has 3 aromatic rings. The van der Waals surface area contributed by atoms with Crippen LogP contribution in [0.4, 0.5) is 5.13 Å². The van der Waals surface area contributed by atoms with Crippen LogP contribution in [0.3, 0.4) is 0 Å². The highest BCUT2D eigenvalue weighted by Gasteiger charge is 2.53. The summed E-state index contributed by atoms with van der Waals surface area (Å²) >= 11 is 1.44. The Balaban J connectivity index is 1.48. The van der Waals surface area contributed by atoms with Gasteiger partial charge in [-0.05, 0) is 61.1 Å². The van der Waals surface area contributed by atoms with E-state index in [4.69, 9.17) is 14.5 Å². The smallest absolute Gasteiger partial charge is 0.337 e. The molecule has 1 saturated carbocycles. The molecular formula is C28H26N2O5S. The minimum Gasteiger partial charge on any atom is -0.483 e. The second-order valence-corrected chi connectivity index (χ2v) is 10.5. The summed E-state index contributed by atoms with van der Waals surface area (Å²) in [4.78, 5) is 46.0. The number of ketones is 1. The molecule has 2 aliphatic heterocycles. The first-order valence-corrected chi connectivity index (χ1v) is 13.2. The standard InChI is InChI=1S/C28H26N2O5S/c1-3-15-8-13-19-21(14-15)36-28(29-19)30-23(16-9-11-17(12-10-16)27(33)34-2)22-24(31)18-6-4-5-7-20(18)35-25(22)26(30)32/h8-14,18,20,23H,3-7H2,1-2H3. The third-order valence-corrected chi connectivity index (χ3v) is 8.48. The van der Waals surface area contributed by atoms with Crippen LogP contribution in [0.5, 0.6) is 0 Å². The lowest BCUT2D eigenvalue weighted by molar-refractivity contribution is -0.131. The fourth-order valence-corrected chi connectivity index (χ4v) is 6.61. The van der Waals surface area contributed by atoms with E-state index in [1.54, 1.807) is 29.2 Å². The van der Waals surface area contributed by atoms with Gasteiger partial charge >= 0.3 is 5.97 Å². The molecule has 1 aromatic heterocycles. The van der Waals surface area contributed by atoms with E-state index >= 15 is 0 Å². The zero-order chi connectivity index (χ0) is 25.0. The fraction of sp³-hybridized carbons (Fsp3) is 0.357. The number of aryl methyl sites for hydroxylation is 1. The SMILES string of the molecule is CCc1ccc2nc(N3C(=O)C4=C(C(=O)C5CCCCC5O4)C3c3ccc(C(=O)OC)cc3)sc2c1. The van der Waals surface area contributed by atoms with Crippen molar-refractivity contribution in [3.8, 4) is 0 Å². The average Bonchev–Trinajstić information content (AvgIpc) is 3.46. The number of hydrogen-bond donors (Lipinski definition) is 0. The summed E-state index contributed by atoms with van der Waals surface area (Å²) < 4.78 is 12.1. The second kappa shape index (κ2) is 8.85. The Morgan fingerprint density at radius 1 is 1.14 bits per heavy atom. The fourth-order valence-electron chi connectivity index (χ4n) is 5.56. The first-order valence-electron chi connectivity index (χ1n) is 12.4. The number of ether oxygens (including phenoxy) is 2. The Morgan fingerprint density at radius 2 is 1.92 bits per heavy atom. The molecule has 3 unspecified atom stereocenters. The first-order chi connectivity index (χ1) is 17.5. The summed E-state index contributed by atoms with van der Waals surface area (Å²) in [6, 6.07) is 12.3. The number of Topliss-reactive ketones (excluding diaryl/α,β-unsaturated/α-hetero) is 1. The lowest BCUT2D eigenvalue weighted by atomic mass is 9.77. The number of hydrogen-bond acceptors (Lipinski definition) is 7. The number of amides is 1. The molecule has 8 heteroatoms. The van der Waals surface area contributed by atoms with Gasteiger partial charge in [0, 0.05) is 0 Å². The van der Waals surface area contributed by atoms with E-state index < -0.39 is 12.0 Å². The molecule has 3 atom stereocenters. The number of benzene rings is 2. The van der Waals surface area contributed by atoms with Gasteiger partial charge in [0.1, 0.15) is 6.10 Å². The lowest BCUT2D eigenvalue weighted by Gasteiger charge is -2.35. The Hall–Kier alpha value is -3.52. The van der Waals surface area contributed by atoms with Crippen LogP contribution in [0.15, 0.2) is 53.8 Å². The molecule has 7 nitrogen and oxygen atoms in total. The third kappa shape index (κ3) is 3.54. The minimum atomic E-state index is -0.666. The highest BCUT2D eigenvalue weighted by molar-refractivity contribution is 7.22. The highest BCUT2D eigenvalue weighted by atomic mass is 32.1. The van der Waals surface area contributed by atoms with E-state index in [0.717, 1.165) is 47.9 Å². The first kappa shape index (κ1) is 22.9. The van der Waals surface area contributed by atoms with Crippen molar-refractivity contribution in [1.29, 1.82) is 0 Å². The maximum atomic E-state index is 13.8. The van der Waals surface area contributed by atoms with E-state index in [1.807, 2.05) is 12.1 Å². The van der Waals surface area contributed by atoms with E-state index in [1.165, 1.54) is 24.0 Å². The molecule has 1 aliphatic carbocycles. The molecule has 0 spiro atoms. The van der Waals surface area contributed by atoms with Crippen molar-refractivity contribution in [3.63, 3.8) is 0 Å². The van der Waals surface area contributed by atoms with Crippen molar-refractivity contribution in [2.45, 2.75) is 51.2 Å². The van der Waals surface area contributed by atoms with Gasteiger partial charge in [-0.25, -0.2) is 9.78 Å². The van der Waals surface area contributed by atoms with Crippen LogP contribution in [-0.4, -0.2) is 35.9 Å². The number of thiazole rings is 1. The number of rotatable bonds is 4. The van der Waals surface area contributed by atoms with Crippen molar-refractivity contribution in [2.24, 2.45) is 5.92 Å². The van der Waals surface area contributed by atoms with Crippen LogP contribution >= 0.6 is 11.3 Å². The largest absolute Gasteiger partial charge is 0.483 e. The van der Waals surface area contributed by atoms with Crippen molar-refractivity contribution < 1.29 is 23.9 Å². The van der Waals surface area contributed by atoms with Crippen LogP contribution in [0.1, 0.15) is 60.1 Å². The molecule has 36 heavy (non-hydrogen) atoms. The summed E-state index contributed by atoms with van der Waals surface area (Å²) in [6.45, 7) is 2.10. The number of nitrogens with zero attached hydrogens (tertiary/aromatic N) is 2. The van der Waals surface area contributed by atoms with Gasteiger partial charge < -0.3 is 9.47 Å². The lowest BCUT2D eigenvalue weighted by Crippen LogP contribution is -2.39. The highest BCUT2D eigenvalue weighted by Crippen LogP contribution is 2.49. The van der Waals surface area contributed by atoms with Crippen molar-refractivity contribution >= 4 is 44.3 Å². The van der Waals surface area contributed by atoms with Gasteiger partial charge in [0.25, 0.3) is 5.91 Å². The molecule has 0 bridgehead atoms. The average molecular weight is 503 g/mol. The van der Waals surface area contributed by atoms with Gasteiger partial charge in [-0.15, -0.1) is 0 Å². The van der Waals surface area contributed by atoms with Crippen LogP contribution in [0.25, 0.3) is 10.2 Å². The number of carbonyl (C=O) groups excluding carboxylic acids is 3. The van der Waals surface area contributed by atoms with Crippen LogP contribution in [0.2, 0.25) is 0 Å². The third-order valence-electron chi connectivity index (χ3n) is 7.47. The molecule has 6 rings (SSSR count). The van der Waals surface area contributed by atoms with Gasteiger partial charge in [-0.2, -0.15) is 0 Å². The van der Waals surface area contributed by atoms with Crippen LogP contribution < -0.4 is 4.90 Å². The number of fused-ring (bicyclic) bond motifs is 2. The van der Waals surface area contributed by atoms with E-state index in [2.05, 4.69) is 13.0 Å². The molecule has 184 valence electrons. The maximum absolute atomic E-state index is 13.8. The Bertz CT molecular complexity index is 1420. The monoisotopic (exact) mass is 502 g/mol. The van der Waals surface area contributed by atoms with Gasteiger partial charge in [-0.1, -0.05) is 42.9 Å². The van der Waals surface area contributed by atoms with Crippen molar-refractivity contribution in [1.82, 2.24) is 4.98 Å². The summed E-state index contributed by atoms with van der Waals surface area (Å²) in [5.41, 5.74) is 3.53. The molecule has 1 fully saturated rings. The molecule has 3 aliphatic rings. The number of carbonyl (C=O) groups is 3. The van der Waals surface area contributed by atoms with E-state index in [-0.39, 0.29) is 29.5 Å². The van der Waals surface area contributed by atoms with Gasteiger partial charge in [0.05, 0.1) is 40.4 Å². The summed E-state index contributed by atoms with van der Waals surface area (Å²) in [7, 11) is 1.33. The molecule has 0 saturated heterocycles. The predicted octanol–water partition coefficient (Wildman–Crippen LogP) is 5.15. The van der Waals surface area contributed by atoms with Gasteiger partial charge in [-0.3, -0.25) is 14.5 Å². The maximum Gasteiger partial charge on any atom is 0.337 e. The Morgan fingerprint density at radius 3 is 2.67 bits per heavy atom. The summed E-state index contributed by atoms with van der Waals surface area (Å²) in [5.74, 6) is -0.864. The predicted molar refractivity (Wildman–Crippen MR) is 136 cm³/mol. The summed E-state index contributed by atoms with van der Waals surface area (Å²) in [5, 5.41) is 0.527. The van der Waals surface area contributed by atoms with Crippen LogP contribution in [0, 0.1) is 5.92 Å². The number of esters is 1. The normalized spacial score (nSPS) is 23.5. The number of methoxy groups -OCH3 is 1. The van der Waals surface area contributed by atoms with Crippen molar-refractivity contribution in [3.05, 3.63) is 70.5 Å². The Labute approximate surface area is 212 Å². The molecule has 1 amide bonds. The second-order valence-electron chi connectivity index (χ2n) is 9.50. The molecule has 0 radical (unpaired) electrons. The zero-order valence-electron chi connectivity index (χ0n) is 20.2. The van der Waals surface area contributed by atoms with Gasteiger partial charge in [0.15, 0.2) is 16.7 Å². The van der Waals surface area contributed by atoms with Crippen LogP contribution in [-0.2, 0) is 25.5 Å². The minimum absolute atomic E-state index is 0.00627. The van der Waals surface area contributed by atoms with Gasteiger partial charge in [0.2, 0.25) is 0 Å². The Kier molecular flexibility index (Phi) is 5.63.